The number of para-hydroxylation sites is 1. The van der Waals surface area contributed by atoms with E-state index in [9.17, 15) is 0 Å². The van der Waals surface area contributed by atoms with E-state index in [0.29, 0.717) is 11.8 Å². The van der Waals surface area contributed by atoms with Crippen molar-refractivity contribution < 1.29 is 0 Å². The molecule has 0 saturated heterocycles. The summed E-state index contributed by atoms with van der Waals surface area (Å²) in [7, 11) is 0. The first-order valence-corrected chi connectivity index (χ1v) is 19.1. The number of fused-ring (bicyclic) bond motifs is 4. The van der Waals surface area contributed by atoms with Crippen LogP contribution < -0.4 is 4.90 Å². The Morgan fingerprint density at radius 3 is 1.82 bits per heavy atom. The number of nitrogens with zero attached hydrogens (tertiary/aromatic N) is 1. The second-order valence-electron chi connectivity index (χ2n) is 17.6. The molecule has 1 spiro atoms. The molecule has 0 atom stereocenters. The molecule has 5 aromatic carbocycles. The molecule has 0 amide bonds. The molecule has 4 fully saturated rings. The van der Waals surface area contributed by atoms with Crippen LogP contribution in [0.15, 0.2) is 115 Å². The van der Waals surface area contributed by atoms with Crippen LogP contribution >= 0.6 is 0 Å². The molecule has 11 rings (SSSR count). The van der Waals surface area contributed by atoms with Gasteiger partial charge in [-0.05, 0) is 149 Å². The molecular formula is C48H49N. The fraction of sp³-hybridized carbons (Fsp3) is 0.375. The van der Waals surface area contributed by atoms with E-state index in [4.69, 9.17) is 0 Å². The lowest BCUT2D eigenvalue weighted by Gasteiger charge is -2.61. The van der Waals surface area contributed by atoms with Crippen LogP contribution in [0, 0.1) is 23.7 Å². The lowest BCUT2D eigenvalue weighted by Crippen LogP contribution is -2.55. The summed E-state index contributed by atoms with van der Waals surface area (Å²) in [5, 5.41) is 0. The van der Waals surface area contributed by atoms with E-state index in [1.807, 2.05) is 0 Å². The van der Waals surface area contributed by atoms with Gasteiger partial charge in [0.05, 0.1) is 5.69 Å². The summed E-state index contributed by atoms with van der Waals surface area (Å²) in [5.41, 5.74) is 16.3. The van der Waals surface area contributed by atoms with E-state index in [1.165, 1.54) is 95.4 Å². The van der Waals surface area contributed by atoms with Gasteiger partial charge in [-0.3, -0.25) is 0 Å². The van der Waals surface area contributed by atoms with E-state index >= 15 is 0 Å². The van der Waals surface area contributed by atoms with E-state index in [2.05, 4.69) is 148 Å². The molecule has 0 aliphatic heterocycles. The third-order valence-electron chi connectivity index (χ3n) is 14.1. The van der Waals surface area contributed by atoms with E-state index < -0.39 is 0 Å². The summed E-state index contributed by atoms with van der Waals surface area (Å²) in [5.74, 6) is 3.25. The van der Waals surface area contributed by atoms with Gasteiger partial charge in [0.2, 0.25) is 0 Å². The van der Waals surface area contributed by atoms with Gasteiger partial charge in [0.15, 0.2) is 0 Å². The van der Waals surface area contributed by atoms with Crippen molar-refractivity contribution in [2.75, 3.05) is 4.90 Å². The van der Waals surface area contributed by atoms with Gasteiger partial charge in [-0.1, -0.05) is 113 Å². The lowest BCUT2D eigenvalue weighted by molar-refractivity contribution is -0.0397. The third kappa shape index (κ3) is 4.17. The quantitative estimate of drug-likeness (QED) is 0.189. The van der Waals surface area contributed by atoms with Crippen LogP contribution in [0.3, 0.4) is 0 Å². The van der Waals surface area contributed by atoms with Crippen LogP contribution in [0.2, 0.25) is 0 Å². The molecule has 0 N–H and O–H groups in total. The predicted molar refractivity (Wildman–Crippen MR) is 205 cm³/mol. The zero-order valence-corrected chi connectivity index (χ0v) is 29.7. The molecule has 0 unspecified atom stereocenters. The minimum Gasteiger partial charge on any atom is -0.310 e. The second-order valence-corrected chi connectivity index (χ2v) is 17.6. The SMILES string of the molecule is CC1(C)CCC(C)(C)c2cc(N(c3ccccc3)c3ccc(-c4ccccc4)c4c3-c3ccccc3C43C4CC5CC(C4)CC3C5)ccc21. The fourth-order valence-electron chi connectivity index (χ4n) is 12.0. The van der Waals surface area contributed by atoms with Crippen molar-refractivity contribution in [3.8, 4) is 22.3 Å². The zero-order chi connectivity index (χ0) is 33.1. The Morgan fingerprint density at radius 2 is 1.12 bits per heavy atom. The van der Waals surface area contributed by atoms with Crippen LogP contribution in [0.5, 0.6) is 0 Å². The maximum absolute atomic E-state index is 2.61. The Kier molecular flexibility index (Phi) is 6.36. The number of anilines is 3. The molecule has 0 radical (unpaired) electrons. The molecule has 0 aromatic heterocycles. The van der Waals surface area contributed by atoms with E-state index in [-0.39, 0.29) is 16.2 Å². The highest BCUT2D eigenvalue weighted by atomic mass is 15.1. The molecule has 4 saturated carbocycles. The molecular weight excluding hydrogens is 591 g/mol. The van der Waals surface area contributed by atoms with Gasteiger partial charge in [0.25, 0.3) is 0 Å². The molecule has 0 heterocycles. The van der Waals surface area contributed by atoms with Crippen LogP contribution in [-0.4, -0.2) is 0 Å². The first-order valence-electron chi connectivity index (χ1n) is 19.1. The number of hydrogen-bond donors (Lipinski definition) is 0. The Labute approximate surface area is 293 Å². The highest BCUT2D eigenvalue weighted by molar-refractivity contribution is 5.99. The zero-order valence-electron chi connectivity index (χ0n) is 29.7. The van der Waals surface area contributed by atoms with Crippen LogP contribution in [-0.2, 0) is 16.2 Å². The topological polar surface area (TPSA) is 3.24 Å². The number of benzene rings is 5. The van der Waals surface area contributed by atoms with Gasteiger partial charge in [-0.2, -0.15) is 0 Å². The van der Waals surface area contributed by atoms with Crippen molar-refractivity contribution in [1.29, 1.82) is 0 Å². The van der Waals surface area contributed by atoms with Crippen LogP contribution in [0.4, 0.5) is 17.1 Å². The summed E-state index contributed by atoms with van der Waals surface area (Å²) in [6, 6.07) is 44.6. The van der Waals surface area contributed by atoms with E-state index in [1.54, 1.807) is 11.1 Å². The van der Waals surface area contributed by atoms with Gasteiger partial charge in [0, 0.05) is 22.4 Å². The molecule has 1 heteroatoms. The van der Waals surface area contributed by atoms with Gasteiger partial charge in [0.1, 0.15) is 0 Å². The molecule has 6 aliphatic rings. The first-order chi connectivity index (χ1) is 23.8. The molecule has 4 bridgehead atoms. The summed E-state index contributed by atoms with van der Waals surface area (Å²) in [4.78, 5) is 2.61. The normalized spacial score (nSPS) is 27.8. The lowest BCUT2D eigenvalue weighted by atomic mass is 9.42. The van der Waals surface area contributed by atoms with E-state index in [0.717, 1.165) is 11.8 Å². The fourth-order valence-corrected chi connectivity index (χ4v) is 12.0. The van der Waals surface area contributed by atoms with Gasteiger partial charge in [-0.15, -0.1) is 0 Å². The maximum atomic E-state index is 2.61. The predicted octanol–water partition coefficient (Wildman–Crippen LogP) is 12.9. The summed E-state index contributed by atoms with van der Waals surface area (Å²) in [6.45, 7) is 9.78. The maximum Gasteiger partial charge on any atom is 0.0543 e. The summed E-state index contributed by atoms with van der Waals surface area (Å²) < 4.78 is 0. The highest BCUT2D eigenvalue weighted by Crippen LogP contribution is 2.71. The number of rotatable bonds is 4. The van der Waals surface area contributed by atoms with Crippen molar-refractivity contribution in [2.24, 2.45) is 23.7 Å². The smallest absolute Gasteiger partial charge is 0.0543 e. The Balaban J connectivity index is 1.28. The summed E-state index contributed by atoms with van der Waals surface area (Å²) in [6.07, 6.45) is 9.45. The van der Waals surface area contributed by atoms with Gasteiger partial charge < -0.3 is 4.90 Å². The monoisotopic (exact) mass is 639 g/mol. The second kappa shape index (κ2) is 10.5. The molecule has 6 aliphatic carbocycles. The van der Waals surface area contributed by atoms with Crippen molar-refractivity contribution >= 4 is 17.1 Å². The minimum absolute atomic E-state index is 0.0742. The highest BCUT2D eigenvalue weighted by Gasteiger charge is 2.62. The van der Waals surface area contributed by atoms with Crippen molar-refractivity contribution in [2.45, 2.75) is 88.9 Å². The van der Waals surface area contributed by atoms with Gasteiger partial charge >= 0.3 is 0 Å². The molecule has 5 aromatic rings. The average molecular weight is 640 g/mol. The Bertz CT molecular complexity index is 2060. The molecule has 49 heavy (non-hydrogen) atoms. The molecule has 246 valence electrons. The van der Waals surface area contributed by atoms with Crippen molar-refractivity contribution in [1.82, 2.24) is 0 Å². The van der Waals surface area contributed by atoms with Crippen LogP contribution in [0.25, 0.3) is 22.3 Å². The largest absolute Gasteiger partial charge is 0.310 e. The average Bonchev–Trinajstić information content (AvgIpc) is 3.42. The summed E-state index contributed by atoms with van der Waals surface area (Å²) >= 11 is 0. The standard InChI is InChI=1S/C48H49N/c1-46(2)23-24-47(3,4)42-30-37(19-21-41(42)46)49(36-15-9-6-10-16-36)43-22-20-38(33-13-7-5-8-14-33)45-44(43)39-17-11-12-18-40(39)48(45)34-26-31-25-32(28-34)29-35(48)27-31/h5-22,30-32,34-35H,23-29H2,1-4H3. The van der Waals surface area contributed by atoms with Crippen molar-refractivity contribution in [3.63, 3.8) is 0 Å². The Morgan fingerprint density at radius 1 is 0.510 bits per heavy atom. The van der Waals surface area contributed by atoms with Crippen LogP contribution in [0.1, 0.15) is 94.9 Å². The molecule has 1 nitrogen and oxygen atoms in total. The van der Waals surface area contributed by atoms with Crippen molar-refractivity contribution in [3.05, 3.63) is 138 Å². The van der Waals surface area contributed by atoms with Gasteiger partial charge in [-0.25, -0.2) is 0 Å². The Hall–Kier alpha value is -4.10. The minimum atomic E-state index is 0.0742. The number of hydrogen-bond acceptors (Lipinski definition) is 1. The third-order valence-corrected chi connectivity index (χ3v) is 14.1. The first kappa shape index (κ1) is 29.8.